The van der Waals surface area contributed by atoms with Crippen LogP contribution in [0.5, 0.6) is 0 Å². The standard InChI is InChI=1S/C32F14N8/c33-23-8(1-47)10(3-49)25(35)27(37)19(23)13(6-52)16-15(17(16)14(7-53)20-24(34)9(2-48)11(4-50)26(36)28(20)38)12(5-51)18-21(31(41,42)43)29(39)54-30(40)22(18)32(44,45)46. The number of nitriles is 7. The van der Waals surface area contributed by atoms with E-state index >= 15 is 17.6 Å². The molecule has 1 aliphatic carbocycles. The fraction of sp³-hybridized carbons (Fsp3) is 0.0625. The van der Waals surface area contributed by atoms with Crippen molar-refractivity contribution in [3.05, 3.63) is 114 Å². The molecule has 0 saturated heterocycles. The molecular weight excluding hydrogens is 762 g/mol. The van der Waals surface area contributed by atoms with E-state index in [1.165, 1.54) is 0 Å². The predicted molar refractivity (Wildman–Crippen MR) is 143 cm³/mol. The normalized spacial score (nSPS) is 14.0. The molecule has 0 atom stereocenters. The van der Waals surface area contributed by atoms with Gasteiger partial charge in [-0.2, -0.15) is 76.9 Å². The molecule has 54 heavy (non-hydrogen) atoms. The van der Waals surface area contributed by atoms with Crippen LogP contribution in [0.3, 0.4) is 0 Å². The van der Waals surface area contributed by atoms with Crippen LogP contribution in [0.25, 0.3) is 16.7 Å². The first-order chi connectivity index (χ1) is 25.2. The van der Waals surface area contributed by atoms with Gasteiger partial charge in [0, 0.05) is 22.3 Å². The zero-order chi connectivity index (χ0) is 40.9. The molecule has 0 radical (unpaired) electrons. The molecular formula is C32F14N8. The van der Waals surface area contributed by atoms with Gasteiger partial charge in [-0.1, -0.05) is 0 Å². The maximum absolute atomic E-state index is 15.6. The third kappa shape index (κ3) is 5.73. The lowest BCUT2D eigenvalue weighted by Gasteiger charge is -2.18. The molecule has 4 rings (SSSR count). The van der Waals surface area contributed by atoms with Gasteiger partial charge in [0.2, 0.25) is 11.9 Å². The zero-order valence-corrected chi connectivity index (χ0v) is 24.9. The van der Waals surface area contributed by atoms with Crippen molar-refractivity contribution in [1.29, 1.82) is 36.8 Å². The maximum atomic E-state index is 15.6. The molecule has 3 aromatic rings. The molecule has 22 heteroatoms. The molecule has 8 nitrogen and oxygen atoms in total. The van der Waals surface area contributed by atoms with E-state index in [0.717, 1.165) is 36.4 Å². The summed E-state index contributed by atoms with van der Waals surface area (Å²) in [7, 11) is 0. The second-order valence-electron chi connectivity index (χ2n) is 9.98. The Bertz CT molecular complexity index is 2520. The van der Waals surface area contributed by atoms with Crippen LogP contribution in [0.2, 0.25) is 0 Å². The smallest absolute Gasteiger partial charge is 0.205 e. The minimum Gasteiger partial charge on any atom is -0.205 e. The van der Waals surface area contributed by atoms with Crippen LogP contribution in [0.1, 0.15) is 50.1 Å². The topological polar surface area (TPSA) is 179 Å². The van der Waals surface area contributed by atoms with Crippen molar-refractivity contribution in [2.45, 2.75) is 12.4 Å². The Hall–Kier alpha value is -7.74. The van der Waals surface area contributed by atoms with Gasteiger partial charge in [-0.3, -0.25) is 0 Å². The summed E-state index contributed by atoms with van der Waals surface area (Å²) in [5.74, 6) is -20.9. The van der Waals surface area contributed by atoms with E-state index < -0.39 is 143 Å². The first kappa shape index (κ1) is 39.1. The average molecular weight is 762 g/mol. The fourth-order valence-electron chi connectivity index (χ4n) is 5.12. The van der Waals surface area contributed by atoms with Gasteiger partial charge in [0.1, 0.15) is 75.9 Å². The van der Waals surface area contributed by atoms with Crippen molar-refractivity contribution in [3.8, 4) is 42.5 Å². The van der Waals surface area contributed by atoms with Gasteiger partial charge < -0.3 is 0 Å². The molecule has 1 aromatic heterocycles. The molecule has 266 valence electrons. The predicted octanol–water partition coefficient (Wildman–Crippen LogP) is 7.96. The van der Waals surface area contributed by atoms with Gasteiger partial charge in [-0.15, -0.1) is 0 Å². The summed E-state index contributed by atoms with van der Waals surface area (Å²) in [6.45, 7) is 0. The molecule has 0 spiro atoms. The second-order valence-corrected chi connectivity index (χ2v) is 9.98. The van der Waals surface area contributed by atoms with Gasteiger partial charge in [0.05, 0.1) is 27.8 Å². The minimum atomic E-state index is -6.35. The van der Waals surface area contributed by atoms with Crippen LogP contribution in [0.15, 0.2) is 16.7 Å². The Morgan fingerprint density at radius 2 is 0.648 bits per heavy atom. The third-order valence-corrected chi connectivity index (χ3v) is 7.29. The quantitative estimate of drug-likeness (QED) is 0.112. The van der Waals surface area contributed by atoms with Gasteiger partial charge >= 0.3 is 12.4 Å². The molecule has 1 fully saturated rings. The molecule has 1 heterocycles. The van der Waals surface area contributed by atoms with Gasteiger partial charge in [0.25, 0.3) is 0 Å². The maximum Gasteiger partial charge on any atom is 0.421 e. The van der Waals surface area contributed by atoms with Crippen molar-refractivity contribution in [3.63, 3.8) is 0 Å². The number of halogens is 14. The molecule has 2 aromatic carbocycles. The van der Waals surface area contributed by atoms with Gasteiger partial charge in [0.15, 0.2) is 34.9 Å². The Morgan fingerprint density at radius 1 is 0.389 bits per heavy atom. The Balaban J connectivity index is 2.51. The van der Waals surface area contributed by atoms with Crippen molar-refractivity contribution >= 4 is 16.7 Å². The number of rotatable bonds is 3. The monoisotopic (exact) mass is 762 g/mol. The number of alkyl halides is 6. The number of aromatic nitrogens is 1. The average Bonchev–Trinajstić information content (AvgIpc) is 3.80. The van der Waals surface area contributed by atoms with Crippen molar-refractivity contribution < 1.29 is 61.5 Å². The summed E-state index contributed by atoms with van der Waals surface area (Å²) < 4.78 is 206. The van der Waals surface area contributed by atoms with Crippen LogP contribution in [-0.2, 0) is 12.4 Å². The molecule has 1 saturated carbocycles. The van der Waals surface area contributed by atoms with Gasteiger partial charge in [-0.05, 0) is 0 Å². The fourth-order valence-corrected chi connectivity index (χ4v) is 5.12. The summed E-state index contributed by atoms with van der Waals surface area (Å²) in [5.41, 5.74) is -31.5. The highest BCUT2D eigenvalue weighted by atomic mass is 19.4. The van der Waals surface area contributed by atoms with E-state index in [-0.39, 0.29) is 0 Å². The van der Waals surface area contributed by atoms with Crippen molar-refractivity contribution in [2.24, 2.45) is 0 Å². The lowest BCUT2D eigenvalue weighted by Crippen LogP contribution is -2.22. The number of pyridine rings is 1. The van der Waals surface area contributed by atoms with E-state index in [2.05, 4.69) is 0 Å². The molecule has 0 bridgehead atoms. The molecule has 0 unspecified atom stereocenters. The van der Waals surface area contributed by atoms with Crippen LogP contribution < -0.4 is 0 Å². The molecule has 0 aliphatic heterocycles. The second kappa shape index (κ2) is 13.4. The first-order valence-electron chi connectivity index (χ1n) is 13.2. The van der Waals surface area contributed by atoms with E-state index in [4.69, 9.17) is 10.5 Å². The largest absolute Gasteiger partial charge is 0.421 e. The summed E-state index contributed by atoms with van der Waals surface area (Å²) in [6, 6.07) is 6.02. The van der Waals surface area contributed by atoms with Crippen molar-refractivity contribution in [2.75, 3.05) is 0 Å². The van der Waals surface area contributed by atoms with Crippen LogP contribution in [0, 0.1) is 126 Å². The highest BCUT2D eigenvalue weighted by Crippen LogP contribution is 2.58. The number of allylic oxidation sites excluding steroid dienone is 6. The van der Waals surface area contributed by atoms with E-state index in [0.29, 0.717) is 6.07 Å². The SMILES string of the molecule is N#CC(=C1C(=C(C#N)c2c(F)c(F)c(C#N)c(C#N)c2F)C1=C(C#N)c1c(C(F)(F)F)c(F)nc(F)c1C(F)(F)F)c1c(F)c(F)c(C#N)c(C#N)c1F. The van der Waals surface area contributed by atoms with E-state index in [1.807, 2.05) is 4.98 Å². The first-order valence-corrected chi connectivity index (χ1v) is 13.2. The lowest BCUT2D eigenvalue weighted by atomic mass is 9.93. The van der Waals surface area contributed by atoms with E-state index in [1.54, 1.807) is 0 Å². The molecule has 0 N–H and O–H groups in total. The van der Waals surface area contributed by atoms with Crippen LogP contribution >= 0.6 is 0 Å². The summed E-state index contributed by atoms with van der Waals surface area (Å²) in [5, 5.41) is 66.6. The molecule has 0 amide bonds. The minimum absolute atomic E-state index is 0.661. The number of benzene rings is 2. The Morgan fingerprint density at radius 3 is 0.889 bits per heavy atom. The summed E-state index contributed by atoms with van der Waals surface area (Å²) in [6.07, 6.45) is -12.7. The lowest BCUT2D eigenvalue weighted by molar-refractivity contribution is -0.147. The van der Waals surface area contributed by atoms with E-state index in [9.17, 15) is 70.2 Å². The summed E-state index contributed by atoms with van der Waals surface area (Å²) in [4.78, 5) is 1.91. The molecule has 1 aliphatic rings. The highest BCUT2D eigenvalue weighted by Gasteiger charge is 2.51. The highest BCUT2D eigenvalue weighted by molar-refractivity contribution is 6.12. The number of hydrogen-bond acceptors (Lipinski definition) is 8. The number of nitrogens with zero attached hydrogens (tertiary/aromatic N) is 8. The van der Waals surface area contributed by atoms with Crippen LogP contribution in [0.4, 0.5) is 61.5 Å². The van der Waals surface area contributed by atoms with Gasteiger partial charge in [-0.25, -0.2) is 26.3 Å². The van der Waals surface area contributed by atoms with Crippen molar-refractivity contribution in [1.82, 2.24) is 4.98 Å². The zero-order valence-electron chi connectivity index (χ0n) is 24.9. The Labute approximate surface area is 288 Å². The van der Waals surface area contributed by atoms with Crippen LogP contribution in [-0.4, -0.2) is 4.98 Å². The third-order valence-electron chi connectivity index (χ3n) is 7.29. The number of hydrogen-bond donors (Lipinski definition) is 0. The Kier molecular flexibility index (Phi) is 9.71. The summed E-state index contributed by atoms with van der Waals surface area (Å²) >= 11 is 0.